The van der Waals surface area contributed by atoms with Crippen molar-refractivity contribution in [1.82, 2.24) is 4.90 Å². The molecule has 2 aromatic rings. The van der Waals surface area contributed by atoms with Crippen LogP contribution in [0.5, 0.6) is 0 Å². The lowest BCUT2D eigenvalue weighted by Crippen LogP contribution is -2.47. The third-order valence-electron chi connectivity index (χ3n) is 4.70. The number of benzene rings is 2. The van der Waals surface area contributed by atoms with E-state index < -0.39 is 22.1 Å². The van der Waals surface area contributed by atoms with Crippen molar-refractivity contribution in [1.29, 1.82) is 0 Å². The van der Waals surface area contributed by atoms with Gasteiger partial charge in [0, 0.05) is 17.8 Å². The Morgan fingerprint density at radius 3 is 1.87 bits per heavy atom. The van der Waals surface area contributed by atoms with Gasteiger partial charge in [0.1, 0.15) is 0 Å². The van der Waals surface area contributed by atoms with Gasteiger partial charge in [0.15, 0.2) is 6.10 Å². The van der Waals surface area contributed by atoms with Crippen LogP contribution in [0.15, 0.2) is 53.4 Å². The van der Waals surface area contributed by atoms with Gasteiger partial charge in [-0.1, -0.05) is 17.7 Å². The van der Waals surface area contributed by atoms with Gasteiger partial charge in [0.25, 0.3) is 15.9 Å². The van der Waals surface area contributed by atoms with Crippen LogP contribution < -0.4 is 4.72 Å². The number of hydrogen-bond acceptors (Lipinski definition) is 5. The molecule has 8 heteroatoms. The SMILES string of the molecule is Cc1ccc(NS(=O)(=O)c2ccc(C(=O)OC(C)C(=O)N(C(C)C)C(C)C)cc2)cc1. The van der Waals surface area contributed by atoms with Crippen LogP contribution in [0.3, 0.4) is 0 Å². The van der Waals surface area contributed by atoms with E-state index in [0.29, 0.717) is 5.69 Å². The molecule has 1 unspecified atom stereocenters. The average molecular weight is 447 g/mol. The smallest absolute Gasteiger partial charge is 0.338 e. The Balaban J connectivity index is 2.09. The lowest BCUT2D eigenvalue weighted by atomic mass is 10.2. The highest BCUT2D eigenvalue weighted by Crippen LogP contribution is 2.18. The number of nitrogens with one attached hydrogen (secondary N) is 1. The summed E-state index contributed by atoms with van der Waals surface area (Å²) < 4.78 is 32.9. The highest BCUT2D eigenvalue weighted by atomic mass is 32.2. The van der Waals surface area contributed by atoms with Crippen LogP contribution in [0.1, 0.15) is 50.5 Å². The molecule has 0 aliphatic heterocycles. The zero-order chi connectivity index (χ0) is 23.3. The largest absolute Gasteiger partial charge is 0.449 e. The molecule has 1 amide bonds. The van der Waals surface area contributed by atoms with Crippen molar-refractivity contribution < 1.29 is 22.7 Å². The molecule has 1 N–H and O–H groups in total. The second-order valence-corrected chi connectivity index (χ2v) is 9.66. The zero-order valence-electron chi connectivity index (χ0n) is 18.7. The monoisotopic (exact) mass is 446 g/mol. The topological polar surface area (TPSA) is 92.8 Å². The minimum atomic E-state index is -3.80. The number of amides is 1. The Hall–Kier alpha value is -2.87. The van der Waals surface area contributed by atoms with Gasteiger partial charge in [-0.25, -0.2) is 13.2 Å². The van der Waals surface area contributed by atoms with E-state index >= 15 is 0 Å². The quantitative estimate of drug-likeness (QED) is 0.619. The molecule has 0 aliphatic rings. The first-order chi connectivity index (χ1) is 14.4. The number of ether oxygens (including phenoxy) is 1. The molecule has 31 heavy (non-hydrogen) atoms. The van der Waals surface area contributed by atoms with E-state index in [2.05, 4.69) is 4.72 Å². The Morgan fingerprint density at radius 1 is 0.871 bits per heavy atom. The van der Waals surface area contributed by atoms with Gasteiger partial charge >= 0.3 is 5.97 Å². The first-order valence-corrected chi connectivity index (χ1v) is 11.6. The third-order valence-corrected chi connectivity index (χ3v) is 6.10. The van der Waals surface area contributed by atoms with E-state index in [1.165, 1.54) is 31.2 Å². The van der Waals surface area contributed by atoms with E-state index in [0.717, 1.165) is 5.56 Å². The van der Waals surface area contributed by atoms with Crippen LogP contribution in [0.4, 0.5) is 5.69 Å². The molecule has 0 spiro atoms. The molecule has 0 fully saturated rings. The summed E-state index contributed by atoms with van der Waals surface area (Å²) in [6.45, 7) is 11.0. The summed E-state index contributed by atoms with van der Waals surface area (Å²) in [4.78, 5) is 26.8. The van der Waals surface area contributed by atoms with Gasteiger partial charge in [-0.2, -0.15) is 0 Å². The molecule has 2 aromatic carbocycles. The number of rotatable bonds is 8. The van der Waals surface area contributed by atoms with Crippen LogP contribution in [-0.2, 0) is 19.6 Å². The van der Waals surface area contributed by atoms with E-state index in [1.54, 1.807) is 29.2 Å². The number of aryl methyl sites for hydroxylation is 1. The minimum absolute atomic E-state index is 0.0135. The first-order valence-electron chi connectivity index (χ1n) is 10.1. The predicted octanol–water partition coefficient (Wildman–Crippen LogP) is 3.99. The number of anilines is 1. The van der Waals surface area contributed by atoms with Crippen molar-refractivity contribution >= 4 is 27.6 Å². The minimum Gasteiger partial charge on any atom is -0.449 e. The molecule has 168 valence electrons. The van der Waals surface area contributed by atoms with E-state index in [9.17, 15) is 18.0 Å². The summed E-state index contributed by atoms with van der Waals surface area (Å²) in [5.41, 5.74) is 1.62. The van der Waals surface area contributed by atoms with Crippen LogP contribution in [0.25, 0.3) is 0 Å². The Morgan fingerprint density at radius 2 is 1.39 bits per heavy atom. The first kappa shape index (κ1) is 24.4. The average Bonchev–Trinajstić information content (AvgIpc) is 2.69. The molecule has 0 saturated carbocycles. The van der Waals surface area contributed by atoms with E-state index in [-0.39, 0.29) is 28.4 Å². The Labute approximate surface area is 184 Å². The molecular weight excluding hydrogens is 416 g/mol. The molecule has 0 aromatic heterocycles. The number of esters is 1. The maximum Gasteiger partial charge on any atom is 0.338 e. The molecule has 1 atom stereocenters. The lowest BCUT2D eigenvalue weighted by molar-refractivity contribution is -0.143. The molecule has 0 heterocycles. The highest BCUT2D eigenvalue weighted by molar-refractivity contribution is 7.92. The third kappa shape index (κ3) is 6.30. The predicted molar refractivity (Wildman–Crippen MR) is 120 cm³/mol. The lowest BCUT2D eigenvalue weighted by Gasteiger charge is -2.32. The van der Waals surface area contributed by atoms with Crippen molar-refractivity contribution in [2.24, 2.45) is 0 Å². The Bertz CT molecular complexity index is 1000. The Kier molecular flexibility index (Phi) is 7.84. The van der Waals surface area contributed by atoms with Crippen molar-refractivity contribution in [2.45, 2.75) is 64.6 Å². The van der Waals surface area contributed by atoms with Crippen molar-refractivity contribution in [3.63, 3.8) is 0 Å². The van der Waals surface area contributed by atoms with Crippen molar-refractivity contribution in [3.8, 4) is 0 Å². The molecule has 2 rings (SSSR count). The van der Waals surface area contributed by atoms with Crippen molar-refractivity contribution in [3.05, 3.63) is 59.7 Å². The molecule has 0 aliphatic carbocycles. The standard InChI is InChI=1S/C23H30N2O5S/c1-15(2)25(16(3)4)22(26)18(6)30-23(27)19-9-13-21(14-10-19)31(28,29)24-20-11-7-17(5)8-12-20/h7-16,18,24H,1-6H3. The van der Waals surface area contributed by atoms with E-state index in [4.69, 9.17) is 4.74 Å². The van der Waals surface area contributed by atoms with Crippen LogP contribution >= 0.6 is 0 Å². The molecule has 7 nitrogen and oxygen atoms in total. The maximum absolute atomic E-state index is 12.6. The number of hydrogen-bond donors (Lipinski definition) is 1. The summed E-state index contributed by atoms with van der Waals surface area (Å²) >= 11 is 0. The number of nitrogens with zero attached hydrogens (tertiary/aromatic N) is 1. The van der Waals surface area contributed by atoms with Gasteiger partial charge < -0.3 is 9.64 Å². The number of carbonyl (C=O) groups is 2. The molecular formula is C23H30N2O5S. The summed E-state index contributed by atoms with van der Waals surface area (Å²) in [5, 5.41) is 0. The van der Waals surface area contributed by atoms with Crippen LogP contribution in [-0.4, -0.2) is 43.4 Å². The number of sulfonamides is 1. The zero-order valence-corrected chi connectivity index (χ0v) is 19.6. The fourth-order valence-corrected chi connectivity index (χ4v) is 4.26. The fourth-order valence-electron chi connectivity index (χ4n) is 3.20. The maximum atomic E-state index is 12.6. The molecule has 0 saturated heterocycles. The van der Waals surface area contributed by atoms with Crippen molar-refractivity contribution in [2.75, 3.05) is 4.72 Å². The summed E-state index contributed by atoms with van der Waals surface area (Å²) in [5.74, 6) is -0.969. The van der Waals surface area contributed by atoms with Gasteiger partial charge in [-0.15, -0.1) is 0 Å². The van der Waals surface area contributed by atoms with Gasteiger partial charge in [-0.05, 0) is 77.9 Å². The molecule has 0 bridgehead atoms. The second kappa shape index (κ2) is 9.96. The normalized spacial score (nSPS) is 12.5. The highest BCUT2D eigenvalue weighted by Gasteiger charge is 2.28. The van der Waals surface area contributed by atoms with Crippen LogP contribution in [0.2, 0.25) is 0 Å². The number of carbonyl (C=O) groups excluding carboxylic acids is 2. The fraction of sp³-hybridized carbons (Fsp3) is 0.391. The van der Waals surface area contributed by atoms with Gasteiger partial charge in [-0.3, -0.25) is 9.52 Å². The summed E-state index contributed by atoms with van der Waals surface area (Å²) in [6, 6.07) is 12.3. The van der Waals surface area contributed by atoms with Gasteiger partial charge in [0.2, 0.25) is 0 Å². The molecule has 0 radical (unpaired) electrons. The van der Waals surface area contributed by atoms with Crippen LogP contribution in [0, 0.1) is 6.92 Å². The summed E-state index contributed by atoms with van der Waals surface area (Å²) in [6.07, 6.45) is -0.955. The summed E-state index contributed by atoms with van der Waals surface area (Å²) in [7, 11) is -3.80. The van der Waals surface area contributed by atoms with Gasteiger partial charge in [0.05, 0.1) is 10.5 Å². The second-order valence-electron chi connectivity index (χ2n) is 7.98. The van der Waals surface area contributed by atoms with E-state index in [1.807, 2.05) is 34.6 Å².